The lowest BCUT2D eigenvalue weighted by Gasteiger charge is -2.32. The van der Waals surface area contributed by atoms with E-state index in [1.165, 1.54) is 11.8 Å². The van der Waals surface area contributed by atoms with Crippen molar-refractivity contribution in [2.24, 2.45) is 5.92 Å². The van der Waals surface area contributed by atoms with Crippen molar-refractivity contribution in [3.05, 3.63) is 30.3 Å². The van der Waals surface area contributed by atoms with Crippen molar-refractivity contribution in [3.63, 3.8) is 0 Å². The zero-order valence-electron chi connectivity index (χ0n) is 14.3. The summed E-state index contributed by atoms with van der Waals surface area (Å²) in [5.41, 5.74) is 0. The van der Waals surface area contributed by atoms with Crippen molar-refractivity contribution < 1.29 is 9.59 Å². The number of rotatable bonds is 5. The molecule has 7 heteroatoms. The molecule has 2 aliphatic heterocycles. The standard InChI is InChI=1S/C18H22N2O2S3/c1-11(2)14-10-24-18(23)20(14)17(22)16(13-8-9-15(21)19-13)25-12-6-4-3-5-7-12/h3-7,11,13-14,16H,8-10H2,1-2H3,(H,19,21)/t13-,14+,16+/m0/s1. The SMILES string of the molecule is CC(C)[C@H]1CSC(=S)N1C(=O)[C@H](Sc1ccccc1)[C@@H]1CCC(=O)N1. The fraction of sp³-hybridized carbons (Fsp3) is 0.500. The normalized spacial score (nSPS) is 24.7. The van der Waals surface area contributed by atoms with Gasteiger partial charge >= 0.3 is 0 Å². The topological polar surface area (TPSA) is 49.4 Å². The van der Waals surface area contributed by atoms with Gasteiger partial charge in [-0.2, -0.15) is 0 Å². The summed E-state index contributed by atoms with van der Waals surface area (Å²) < 4.78 is 0.659. The van der Waals surface area contributed by atoms with Crippen LogP contribution in [0.5, 0.6) is 0 Å². The molecular weight excluding hydrogens is 372 g/mol. The third-order valence-electron chi connectivity index (χ3n) is 4.56. The van der Waals surface area contributed by atoms with Crippen LogP contribution in [0.25, 0.3) is 0 Å². The van der Waals surface area contributed by atoms with Crippen molar-refractivity contribution in [2.45, 2.75) is 48.9 Å². The van der Waals surface area contributed by atoms with Gasteiger partial charge in [0.05, 0.1) is 6.04 Å². The average molecular weight is 395 g/mol. The molecule has 1 aromatic carbocycles. The molecule has 2 amide bonds. The summed E-state index contributed by atoms with van der Waals surface area (Å²) in [5, 5.41) is 2.63. The molecule has 0 radical (unpaired) electrons. The van der Waals surface area contributed by atoms with Crippen LogP contribution in [0.15, 0.2) is 35.2 Å². The first-order valence-electron chi connectivity index (χ1n) is 8.48. The molecule has 0 unspecified atom stereocenters. The minimum absolute atomic E-state index is 0.0229. The van der Waals surface area contributed by atoms with Gasteiger partial charge in [-0.1, -0.05) is 56.0 Å². The number of hydrogen-bond acceptors (Lipinski definition) is 5. The zero-order chi connectivity index (χ0) is 18.0. The van der Waals surface area contributed by atoms with Crippen LogP contribution in [0.1, 0.15) is 26.7 Å². The maximum absolute atomic E-state index is 13.4. The van der Waals surface area contributed by atoms with E-state index < -0.39 is 0 Å². The second-order valence-electron chi connectivity index (χ2n) is 6.66. The molecule has 1 aromatic rings. The molecule has 2 heterocycles. The summed E-state index contributed by atoms with van der Waals surface area (Å²) in [4.78, 5) is 28.0. The summed E-state index contributed by atoms with van der Waals surface area (Å²) >= 11 is 8.57. The molecule has 1 N–H and O–H groups in total. The molecule has 4 nitrogen and oxygen atoms in total. The van der Waals surface area contributed by atoms with Crippen LogP contribution < -0.4 is 5.32 Å². The number of benzene rings is 1. The van der Waals surface area contributed by atoms with Gasteiger partial charge in [0.15, 0.2) is 0 Å². The molecule has 3 atom stereocenters. The van der Waals surface area contributed by atoms with Gasteiger partial charge in [-0.15, -0.1) is 11.8 Å². The smallest absolute Gasteiger partial charge is 0.243 e. The Labute approximate surface area is 162 Å². The fourth-order valence-corrected chi connectivity index (χ4v) is 5.96. The van der Waals surface area contributed by atoms with Gasteiger partial charge in [0.25, 0.3) is 0 Å². The Balaban J connectivity index is 1.86. The first-order chi connectivity index (χ1) is 12.0. The van der Waals surface area contributed by atoms with Crippen molar-refractivity contribution in [1.29, 1.82) is 0 Å². The van der Waals surface area contributed by atoms with Gasteiger partial charge in [-0.25, -0.2) is 0 Å². The molecule has 2 fully saturated rings. The molecule has 0 spiro atoms. The lowest BCUT2D eigenvalue weighted by atomic mass is 10.0. The monoisotopic (exact) mass is 394 g/mol. The predicted octanol–water partition coefficient (Wildman–Crippen LogP) is 3.31. The zero-order valence-corrected chi connectivity index (χ0v) is 16.8. The molecule has 2 saturated heterocycles. The molecule has 0 bridgehead atoms. The van der Waals surface area contributed by atoms with E-state index in [2.05, 4.69) is 19.2 Å². The number of carbonyl (C=O) groups is 2. The van der Waals surface area contributed by atoms with Crippen LogP contribution in [0.4, 0.5) is 0 Å². The average Bonchev–Trinajstić information content (AvgIpc) is 3.19. The van der Waals surface area contributed by atoms with E-state index in [1.54, 1.807) is 16.7 Å². The molecular formula is C18H22N2O2S3. The number of nitrogens with one attached hydrogen (secondary N) is 1. The van der Waals surface area contributed by atoms with Crippen molar-refractivity contribution >= 4 is 51.9 Å². The van der Waals surface area contributed by atoms with Gasteiger partial charge in [0, 0.05) is 23.1 Å². The summed E-state index contributed by atoms with van der Waals surface area (Å²) in [7, 11) is 0. The molecule has 0 saturated carbocycles. The number of carbonyl (C=O) groups excluding carboxylic acids is 2. The Morgan fingerprint density at radius 3 is 2.68 bits per heavy atom. The molecule has 2 aliphatic rings. The second-order valence-corrected chi connectivity index (χ2v) is 9.53. The third kappa shape index (κ3) is 4.20. The van der Waals surface area contributed by atoms with Crippen molar-refractivity contribution in [3.8, 4) is 0 Å². The summed E-state index contributed by atoms with van der Waals surface area (Å²) in [6, 6.07) is 9.86. The van der Waals surface area contributed by atoms with E-state index in [4.69, 9.17) is 12.2 Å². The van der Waals surface area contributed by atoms with Crippen LogP contribution in [0.2, 0.25) is 0 Å². The number of thioether (sulfide) groups is 2. The summed E-state index contributed by atoms with van der Waals surface area (Å²) in [5.74, 6) is 1.24. The Morgan fingerprint density at radius 1 is 1.36 bits per heavy atom. The lowest BCUT2D eigenvalue weighted by molar-refractivity contribution is -0.128. The van der Waals surface area contributed by atoms with Crippen LogP contribution >= 0.6 is 35.7 Å². The van der Waals surface area contributed by atoms with E-state index in [9.17, 15) is 9.59 Å². The van der Waals surface area contributed by atoms with E-state index in [1.807, 2.05) is 30.3 Å². The highest BCUT2D eigenvalue weighted by molar-refractivity contribution is 8.23. The minimum atomic E-state index is -0.355. The first-order valence-corrected chi connectivity index (χ1v) is 10.8. The summed E-state index contributed by atoms with van der Waals surface area (Å²) in [6.45, 7) is 4.24. The second kappa shape index (κ2) is 8.10. The Morgan fingerprint density at radius 2 is 2.08 bits per heavy atom. The van der Waals surface area contributed by atoms with Gasteiger partial charge < -0.3 is 5.32 Å². The molecule has 25 heavy (non-hydrogen) atoms. The highest BCUT2D eigenvalue weighted by Crippen LogP contribution is 2.35. The van der Waals surface area contributed by atoms with Crippen molar-refractivity contribution in [1.82, 2.24) is 10.2 Å². The lowest BCUT2D eigenvalue weighted by Crippen LogP contribution is -2.51. The van der Waals surface area contributed by atoms with E-state index in [-0.39, 0.29) is 29.1 Å². The maximum Gasteiger partial charge on any atom is 0.243 e. The quantitative estimate of drug-likeness (QED) is 0.613. The van der Waals surface area contributed by atoms with Crippen LogP contribution in [0.3, 0.4) is 0 Å². The Hall–Kier alpha value is -1.05. The number of amides is 2. The van der Waals surface area contributed by atoms with E-state index in [0.29, 0.717) is 23.1 Å². The highest BCUT2D eigenvalue weighted by Gasteiger charge is 2.43. The predicted molar refractivity (Wildman–Crippen MR) is 108 cm³/mol. The third-order valence-corrected chi connectivity index (χ3v) is 7.39. The van der Waals surface area contributed by atoms with Crippen molar-refractivity contribution in [2.75, 3.05) is 5.75 Å². The van der Waals surface area contributed by atoms with Gasteiger partial charge in [-0.05, 0) is 24.5 Å². The van der Waals surface area contributed by atoms with E-state index >= 15 is 0 Å². The summed E-state index contributed by atoms with van der Waals surface area (Å²) in [6.07, 6.45) is 1.17. The molecule has 0 aromatic heterocycles. The minimum Gasteiger partial charge on any atom is -0.352 e. The van der Waals surface area contributed by atoms with Crippen LogP contribution in [-0.4, -0.2) is 44.1 Å². The molecule has 0 aliphatic carbocycles. The maximum atomic E-state index is 13.4. The van der Waals surface area contributed by atoms with Gasteiger partial charge in [0.2, 0.25) is 11.8 Å². The number of hydrogen-bond donors (Lipinski definition) is 1. The Kier molecular flexibility index (Phi) is 6.07. The fourth-order valence-electron chi connectivity index (χ4n) is 3.13. The van der Waals surface area contributed by atoms with Gasteiger partial charge in [0.1, 0.15) is 9.57 Å². The number of thiocarbonyl (C=S) groups is 1. The van der Waals surface area contributed by atoms with E-state index in [0.717, 1.165) is 10.6 Å². The van der Waals surface area contributed by atoms with Crippen LogP contribution in [-0.2, 0) is 9.59 Å². The van der Waals surface area contributed by atoms with Gasteiger partial charge in [-0.3, -0.25) is 14.5 Å². The van der Waals surface area contributed by atoms with Crippen LogP contribution in [0, 0.1) is 5.92 Å². The first kappa shape index (κ1) is 18.7. The molecule has 134 valence electrons. The largest absolute Gasteiger partial charge is 0.352 e. The number of nitrogens with zero attached hydrogens (tertiary/aromatic N) is 1. The Bertz CT molecular complexity index is 666. The molecule has 3 rings (SSSR count). The highest BCUT2D eigenvalue weighted by atomic mass is 32.2.